The maximum atomic E-state index is 13.1. The molecule has 1 saturated heterocycles. The van der Waals surface area contributed by atoms with Gasteiger partial charge in [0.2, 0.25) is 0 Å². The number of rotatable bonds is 4. The molecule has 0 unspecified atom stereocenters. The lowest BCUT2D eigenvalue weighted by Crippen LogP contribution is -2.54. The Morgan fingerprint density at radius 3 is 2.70 bits per heavy atom. The first-order valence-electron chi connectivity index (χ1n) is 8.31. The molecular weight excluding hydrogens is 384 g/mol. The molecule has 0 bridgehead atoms. The van der Waals surface area contributed by atoms with Crippen LogP contribution >= 0.6 is 23.8 Å². The first kappa shape index (κ1) is 19.1. The summed E-state index contributed by atoms with van der Waals surface area (Å²) < 4.78 is 5.57. The molecule has 2 aromatic carbocycles. The SMILES string of the molecule is CCOc1ccc(Cl)cc1/C=C1\C(=O)NC(=S)N(c2cccc(C)c2)C1=O. The fourth-order valence-electron chi connectivity index (χ4n) is 2.73. The van der Waals surface area contributed by atoms with Gasteiger partial charge in [0.1, 0.15) is 11.3 Å². The fraction of sp³-hybridized carbons (Fsp3) is 0.150. The van der Waals surface area contributed by atoms with Crippen LogP contribution in [0.1, 0.15) is 18.1 Å². The summed E-state index contributed by atoms with van der Waals surface area (Å²) in [6, 6.07) is 12.4. The van der Waals surface area contributed by atoms with Gasteiger partial charge in [0.25, 0.3) is 11.8 Å². The van der Waals surface area contributed by atoms with Gasteiger partial charge >= 0.3 is 0 Å². The minimum absolute atomic E-state index is 0.0453. The number of carbonyl (C=O) groups is 2. The maximum absolute atomic E-state index is 13.1. The third kappa shape index (κ3) is 4.02. The van der Waals surface area contributed by atoms with Crippen LogP contribution in [0.5, 0.6) is 5.75 Å². The number of carbonyl (C=O) groups excluding carboxylic acids is 2. The first-order valence-corrected chi connectivity index (χ1v) is 9.10. The Bertz CT molecular complexity index is 971. The Kier molecular flexibility index (Phi) is 5.58. The van der Waals surface area contributed by atoms with Crippen molar-refractivity contribution >= 4 is 52.5 Å². The molecule has 0 aliphatic carbocycles. The zero-order chi connectivity index (χ0) is 19.6. The fourth-order valence-corrected chi connectivity index (χ4v) is 3.20. The predicted octanol–water partition coefficient (Wildman–Crippen LogP) is 3.88. The molecule has 7 heteroatoms. The number of thiocarbonyl (C=S) groups is 1. The lowest BCUT2D eigenvalue weighted by atomic mass is 10.1. The van der Waals surface area contributed by atoms with Gasteiger partial charge in [-0.2, -0.15) is 0 Å². The zero-order valence-electron chi connectivity index (χ0n) is 14.8. The summed E-state index contributed by atoms with van der Waals surface area (Å²) in [6.07, 6.45) is 1.47. The Morgan fingerprint density at radius 2 is 2.00 bits per heavy atom. The molecule has 2 aromatic rings. The topological polar surface area (TPSA) is 58.6 Å². The van der Waals surface area contributed by atoms with Gasteiger partial charge in [0.15, 0.2) is 5.11 Å². The summed E-state index contributed by atoms with van der Waals surface area (Å²) in [7, 11) is 0. The Labute approximate surface area is 167 Å². The molecule has 0 atom stereocenters. The van der Waals surface area contributed by atoms with E-state index in [4.69, 9.17) is 28.6 Å². The number of halogens is 1. The molecule has 1 aliphatic rings. The largest absolute Gasteiger partial charge is 0.493 e. The number of anilines is 1. The summed E-state index contributed by atoms with van der Waals surface area (Å²) in [5.41, 5.74) is 2.05. The van der Waals surface area contributed by atoms with Gasteiger partial charge in [0, 0.05) is 10.6 Å². The summed E-state index contributed by atoms with van der Waals surface area (Å²) in [4.78, 5) is 26.8. The highest BCUT2D eigenvalue weighted by Gasteiger charge is 2.34. The molecule has 27 heavy (non-hydrogen) atoms. The van der Waals surface area contributed by atoms with Crippen molar-refractivity contribution in [2.45, 2.75) is 13.8 Å². The molecule has 2 amide bonds. The van der Waals surface area contributed by atoms with Crippen molar-refractivity contribution in [3.8, 4) is 5.75 Å². The smallest absolute Gasteiger partial charge is 0.270 e. The summed E-state index contributed by atoms with van der Waals surface area (Å²) >= 11 is 11.3. The number of amides is 2. The molecule has 0 radical (unpaired) electrons. The van der Waals surface area contributed by atoms with E-state index in [2.05, 4.69) is 5.32 Å². The Morgan fingerprint density at radius 1 is 1.22 bits per heavy atom. The van der Waals surface area contributed by atoms with E-state index in [0.717, 1.165) is 5.56 Å². The van der Waals surface area contributed by atoms with Gasteiger partial charge in [0.05, 0.1) is 12.3 Å². The number of nitrogens with one attached hydrogen (secondary N) is 1. The van der Waals surface area contributed by atoms with E-state index in [-0.39, 0.29) is 10.7 Å². The monoisotopic (exact) mass is 400 g/mol. The average molecular weight is 401 g/mol. The van der Waals surface area contributed by atoms with E-state index in [1.165, 1.54) is 11.0 Å². The molecule has 1 fully saturated rings. The molecule has 0 aromatic heterocycles. The highest BCUT2D eigenvalue weighted by molar-refractivity contribution is 7.80. The number of ether oxygens (including phenoxy) is 1. The summed E-state index contributed by atoms with van der Waals surface area (Å²) in [6.45, 7) is 4.20. The lowest BCUT2D eigenvalue weighted by Gasteiger charge is -2.29. The quantitative estimate of drug-likeness (QED) is 0.480. The van der Waals surface area contributed by atoms with Crippen LogP contribution in [-0.4, -0.2) is 23.5 Å². The van der Waals surface area contributed by atoms with Gasteiger partial charge in [-0.15, -0.1) is 0 Å². The molecule has 0 saturated carbocycles. The van der Waals surface area contributed by atoms with Crippen molar-refractivity contribution < 1.29 is 14.3 Å². The van der Waals surface area contributed by atoms with Gasteiger partial charge in [-0.1, -0.05) is 23.7 Å². The average Bonchev–Trinajstić information content (AvgIpc) is 2.61. The van der Waals surface area contributed by atoms with Crippen LogP contribution in [-0.2, 0) is 9.59 Å². The van der Waals surface area contributed by atoms with Crippen LogP contribution in [0.2, 0.25) is 5.02 Å². The Balaban J connectivity index is 2.06. The van der Waals surface area contributed by atoms with E-state index >= 15 is 0 Å². The molecule has 138 valence electrons. The molecular formula is C20H17ClN2O3S. The third-order valence-electron chi connectivity index (χ3n) is 3.93. The number of aryl methyl sites for hydroxylation is 1. The van der Waals surface area contributed by atoms with E-state index in [9.17, 15) is 9.59 Å². The summed E-state index contributed by atoms with van der Waals surface area (Å²) in [5, 5.41) is 3.09. The zero-order valence-corrected chi connectivity index (χ0v) is 16.4. The molecule has 0 spiro atoms. The molecule has 1 N–H and O–H groups in total. The van der Waals surface area contributed by atoms with Crippen molar-refractivity contribution in [2.75, 3.05) is 11.5 Å². The lowest BCUT2D eigenvalue weighted by molar-refractivity contribution is -0.122. The number of hydrogen-bond acceptors (Lipinski definition) is 4. The van der Waals surface area contributed by atoms with E-state index in [1.807, 2.05) is 32.0 Å². The van der Waals surface area contributed by atoms with Gasteiger partial charge < -0.3 is 4.74 Å². The molecule has 1 aliphatic heterocycles. The van der Waals surface area contributed by atoms with Crippen LogP contribution in [0.25, 0.3) is 6.08 Å². The van der Waals surface area contributed by atoms with Crippen molar-refractivity contribution in [3.63, 3.8) is 0 Å². The van der Waals surface area contributed by atoms with Gasteiger partial charge in [-0.05, 0) is 68.0 Å². The standard InChI is InChI=1S/C20H17ClN2O3S/c1-3-26-17-8-7-14(21)10-13(17)11-16-18(24)22-20(27)23(19(16)25)15-6-4-5-12(2)9-15/h4-11H,3H2,1-2H3,(H,22,24,27)/b16-11+. The minimum atomic E-state index is -0.559. The van der Waals surface area contributed by atoms with Crippen molar-refractivity contribution in [1.29, 1.82) is 0 Å². The minimum Gasteiger partial charge on any atom is -0.493 e. The Hall–Kier alpha value is -2.70. The molecule has 5 nitrogen and oxygen atoms in total. The van der Waals surface area contributed by atoms with Crippen molar-refractivity contribution in [3.05, 3.63) is 64.2 Å². The molecule has 3 rings (SSSR count). The van der Waals surface area contributed by atoms with E-state index < -0.39 is 11.8 Å². The highest BCUT2D eigenvalue weighted by atomic mass is 35.5. The van der Waals surface area contributed by atoms with Crippen LogP contribution in [0.15, 0.2) is 48.0 Å². The predicted molar refractivity (Wildman–Crippen MR) is 110 cm³/mol. The third-order valence-corrected chi connectivity index (χ3v) is 4.45. The van der Waals surface area contributed by atoms with Crippen LogP contribution in [0.3, 0.4) is 0 Å². The second-order valence-electron chi connectivity index (χ2n) is 5.91. The van der Waals surface area contributed by atoms with Crippen molar-refractivity contribution in [2.24, 2.45) is 0 Å². The van der Waals surface area contributed by atoms with Crippen LogP contribution in [0.4, 0.5) is 5.69 Å². The molecule has 1 heterocycles. The first-order chi connectivity index (χ1) is 12.9. The van der Waals surface area contributed by atoms with Gasteiger partial charge in [-0.3, -0.25) is 19.8 Å². The van der Waals surface area contributed by atoms with Crippen LogP contribution in [0, 0.1) is 6.92 Å². The maximum Gasteiger partial charge on any atom is 0.270 e. The highest BCUT2D eigenvalue weighted by Crippen LogP contribution is 2.28. The second kappa shape index (κ2) is 7.90. The van der Waals surface area contributed by atoms with E-state index in [0.29, 0.717) is 28.6 Å². The summed E-state index contributed by atoms with van der Waals surface area (Å²) in [5.74, 6) is -0.529. The number of nitrogens with zero attached hydrogens (tertiary/aromatic N) is 1. The number of hydrogen-bond donors (Lipinski definition) is 1. The second-order valence-corrected chi connectivity index (χ2v) is 6.74. The van der Waals surface area contributed by atoms with E-state index in [1.54, 1.807) is 24.3 Å². The normalized spacial score (nSPS) is 15.9. The van der Waals surface area contributed by atoms with Crippen LogP contribution < -0.4 is 15.0 Å². The van der Waals surface area contributed by atoms with Gasteiger partial charge in [-0.25, -0.2) is 0 Å². The number of benzene rings is 2. The van der Waals surface area contributed by atoms with Crippen molar-refractivity contribution in [1.82, 2.24) is 5.32 Å².